The van der Waals surface area contributed by atoms with Gasteiger partial charge in [0.15, 0.2) is 0 Å². The van der Waals surface area contributed by atoms with Gasteiger partial charge in [0, 0.05) is 12.0 Å². The molecule has 3 rings (SSSR count). The first kappa shape index (κ1) is 11.3. The zero-order valence-electron chi connectivity index (χ0n) is 10.6. The molecule has 1 unspecified atom stereocenters. The van der Waals surface area contributed by atoms with Gasteiger partial charge >= 0.3 is 6.09 Å². The Kier molecular flexibility index (Phi) is 2.77. The van der Waals surface area contributed by atoms with Crippen molar-refractivity contribution < 1.29 is 9.53 Å². The van der Waals surface area contributed by atoms with Crippen LogP contribution in [0.25, 0.3) is 0 Å². The van der Waals surface area contributed by atoms with Crippen molar-refractivity contribution in [1.29, 1.82) is 0 Å². The molecule has 2 saturated heterocycles. The van der Waals surface area contributed by atoms with Gasteiger partial charge in [0.1, 0.15) is 5.60 Å². The van der Waals surface area contributed by atoms with Crippen LogP contribution in [0.15, 0.2) is 0 Å². The highest BCUT2D eigenvalue weighted by molar-refractivity contribution is 5.71. The van der Waals surface area contributed by atoms with Crippen LogP contribution in [-0.2, 0) is 4.74 Å². The minimum Gasteiger partial charge on any atom is -0.441 e. The number of cyclic esters (lactones) is 1. The molecular weight excluding hydrogens is 216 g/mol. The number of nitrogens with one attached hydrogen (secondary N) is 1. The minimum atomic E-state index is -0.241. The van der Waals surface area contributed by atoms with Crippen LogP contribution in [-0.4, -0.2) is 42.3 Å². The molecule has 1 amide bonds. The van der Waals surface area contributed by atoms with Gasteiger partial charge < -0.3 is 15.0 Å². The molecule has 4 nitrogen and oxygen atoms in total. The molecule has 96 valence electrons. The van der Waals surface area contributed by atoms with Crippen molar-refractivity contribution in [3.8, 4) is 0 Å². The molecule has 4 heteroatoms. The van der Waals surface area contributed by atoms with Crippen LogP contribution in [0.4, 0.5) is 4.79 Å². The number of piperidine rings is 1. The van der Waals surface area contributed by atoms with E-state index in [9.17, 15) is 4.79 Å². The number of carbonyl (C=O) groups is 1. The zero-order chi connectivity index (χ0) is 11.9. The highest BCUT2D eigenvalue weighted by Gasteiger charge is 2.49. The first-order valence-corrected chi connectivity index (χ1v) is 6.89. The summed E-state index contributed by atoms with van der Waals surface area (Å²) in [5, 5.41) is 3.37. The van der Waals surface area contributed by atoms with Gasteiger partial charge in [-0.05, 0) is 52.1 Å². The summed E-state index contributed by atoms with van der Waals surface area (Å²) in [5.41, 5.74) is -0.241. The van der Waals surface area contributed by atoms with Crippen molar-refractivity contribution in [3.05, 3.63) is 0 Å². The molecule has 0 spiro atoms. The first-order chi connectivity index (χ1) is 8.19. The van der Waals surface area contributed by atoms with Crippen LogP contribution < -0.4 is 5.32 Å². The SMILES string of the molecule is CC1(C2CCNCC2)CN(C2CCC2)C(=O)O1. The maximum atomic E-state index is 12.0. The van der Waals surface area contributed by atoms with Gasteiger partial charge in [-0.15, -0.1) is 0 Å². The molecule has 0 aromatic rings. The molecule has 3 fully saturated rings. The van der Waals surface area contributed by atoms with Gasteiger partial charge in [0.2, 0.25) is 0 Å². The maximum Gasteiger partial charge on any atom is 0.410 e. The van der Waals surface area contributed by atoms with Crippen LogP contribution >= 0.6 is 0 Å². The normalized spacial score (nSPS) is 35.8. The van der Waals surface area contributed by atoms with E-state index in [2.05, 4.69) is 12.2 Å². The lowest BCUT2D eigenvalue weighted by molar-refractivity contribution is 0.00931. The van der Waals surface area contributed by atoms with Crippen LogP contribution in [0.2, 0.25) is 0 Å². The standard InChI is InChI=1S/C13H22N2O2/c1-13(10-5-7-14-8-6-10)9-15(12(16)17-13)11-3-2-4-11/h10-11,14H,2-9H2,1H3. The van der Waals surface area contributed by atoms with Crippen LogP contribution in [0.5, 0.6) is 0 Å². The molecular formula is C13H22N2O2. The fourth-order valence-corrected chi connectivity index (χ4v) is 3.31. The Balaban J connectivity index is 1.69. The van der Waals surface area contributed by atoms with E-state index in [-0.39, 0.29) is 11.7 Å². The molecule has 17 heavy (non-hydrogen) atoms. The number of amides is 1. The van der Waals surface area contributed by atoms with Crippen LogP contribution in [0.3, 0.4) is 0 Å². The lowest BCUT2D eigenvalue weighted by Gasteiger charge is -2.36. The lowest BCUT2D eigenvalue weighted by Crippen LogP contribution is -2.46. The Hall–Kier alpha value is -0.770. The molecule has 1 aliphatic carbocycles. The van der Waals surface area contributed by atoms with Crippen LogP contribution in [0, 0.1) is 5.92 Å². The predicted molar refractivity (Wildman–Crippen MR) is 64.8 cm³/mol. The minimum absolute atomic E-state index is 0.0734. The second-order valence-electron chi connectivity index (χ2n) is 5.92. The summed E-state index contributed by atoms with van der Waals surface area (Å²) >= 11 is 0. The van der Waals surface area contributed by atoms with Crippen molar-refractivity contribution in [2.24, 2.45) is 5.92 Å². The second kappa shape index (κ2) is 4.16. The molecule has 0 aromatic heterocycles. The summed E-state index contributed by atoms with van der Waals surface area (Å²) in [7, 11) is 0. The maximum absolute atomic E-state index is 12.0. The summed E-state index contributed by atoms with van der Waals surface area (Å²) in [6, 6.07) is 0.464. The van der Waals surface area contributed by atoms with Crippen molar-refractivity contribution in [1.82, 2.24) is 10.2 Å². The highest BCUT2D eigenvalue weighted by Crippen LogP contribution is 2.38. The average molecular weight is 238 g/mol. The molecule has 0 radical (unpaired) electrons. The summed E-state index contributed by atoms with van der Waals surface area (Å²) in [6.07, 6.45) is 5.77. The molecule has 2 aliphatic heterocycles. The van der Waals surface area contributed by atoms with Gasteiger partial charge in [-0.1, -0.05) is 0 Å². The van der Waals surface area contributed by atoms with Gasteiger partial charge in [-0.2, -0.15) is 0 Å². The molecule has 1 N–H and O–H groups in total. The molecule has 0 aromatic carbocycles. The van der Waals surface area contributed by atoms with Crippen molar-refractivity contribution in [2.75, 3.05) is 19.6 Å². The third-order valence-electron chi connectivity index (χ3n) is 4.76. The molecule has 2 heterocycles. The Morgan fingerprint density at radius 2 is 2.00 bits per heavy atom. The molecule has 1 atom stereocenters. The number of carbonyl (C=O) groups excluding carboxylic acids is 1. The predicted octanol–water partition coefficient (Wildman–Crippen LogP) is 1.75. The van der Waals surface area contributed by atoms with E-state index in [1.165, 1.54) is 6.42 Å². The zero-order valence-corrected chi connectivity index (χ0v) is 10.6. The van der Waals surface area contributed by atoms with E-state index in [4.69, 9.17) is 4.74 Å². The largest absolute Gasteiger partial charge is 0.441 e. The van der Waals surface area contributed by atoms with E-state index >= 15 is 0 Å². The van der Waals surface area contributed by atoms with Crippen molar-refractivity contribution in [2.45, 2.75) is 50.7 Å². The van der Waals surface area contributed by atoms with Gasteiger partial charge in [0.05, 0.1) is 6.54 Å². The quantitative estimate of drug-likeness (QED) is 0.797. The summed E-state index contributed by atoms with van der Waals surface area (Å²) in [6.45, 7) is 5.04. The summed E-state index contributed by atoms with van der Waals surface area (Å²) in [5.74, 6) is 0.526. The second-order valence-corrected chi connectivity index (χ2v) is 5.92. The van der Waals surface area contributed by atoms with Gasteiger partial charge in [-0.25, -0.2) is 4.79 Å². The van der Waals surface area contributed by atoms with Crippen LogP contribution in [0.1, 0.15) is 39.0 Å². The van der Waals surface area contributed by atoms with E-state index in [0.717, 1.165) is 45.3 Å². The van der Waals surface area contributed by atoms with E-state index in [0.29, 0.717) is 12.0 Å². The lowest BCUT2D eigenvalue weighted by atomic mass is 9.81. The molecule has 1 saturated carbocycles. The smallest absolute Gasteiger partial charge is 0.410 e. The number of hydrogen-bond donors (Lipinski definition) is 1. The number of ether oxygens (including phenoxy) is 1. The Labute approximate surface area is 103 Å². The molecule has 0 bridgehead atoms. The summed E-state index contributed by atoms with van der Waals surface area (Å²) in [4.78, 5) is 13.9. The third-order valence-corrected chi connectivity index (χ3v) is 4.76. The Morgan fingerprint density at radius 3 is 2.59 bits per heavy atom. The summed E-state index contributed by atoms with van der Waals surface area (Å²) < 4.78 is 5.72. The van der Waals surface area contributed by atoms with Crippen molar-refractivity contribution >= 4 is 6.09 Å². The van der Waals surface area contributed by atoms with E-state index in [1.807, 2.05) is 4.90 Å². The van der Waals surface area contributed by atoms with E-state index < -0.39 is 0 Å². The number of nitrogens with zero attached hydrogens (tertiary/aromatic N) is 1. The first-order valence-electron chi connectivity index (χ1n) is 6.89. The highest BCUT2D eigenvalue weighted by atomic mass is 16.6. The topological polar surface area (TPSA) is 41.6 Å². The Morgan fingerprint density at radius 1 is 1.29 bits per heavy atom. The number of hydrogen-bond acceptors (Lipinski definition) is 3. The van der Waals surface area contributed by atoms with Gasteiger partial charge in [-0.3, -0.25) is 0 Å². The third kappa shape index (κ3) is 1.92. The monoisotopic (exact) mass is 238 g/mol. The Bertz CT molecular complexity index is 311. The fourth-order valence-electron chi connectivity index (χ4n) is 3.31. The van der Waals surface area contributed by atoms with Crippen molar-refractivity contribution in [3.63, 3.8) is 0 Å². The average Bonchev–Trinajstić information content (AvgIpc) is 2.55. The number of rotatable bonds is 2. The van der Waals surface area contributed by atoms with Gasteiger partial charge in [0.25, 0.3) is 0 Å². The fraction of sp³-hybridized carbons (Fsp3) is 0.923. The van der Waals surface area contributed by atoms with E-state index in [1.54, 1.807) is 0 Å². The molecule has 3 aliphatic rings.